The lowest BCUT2D eigenvalue weighted by Gasteiger charge is -2.10. The van der Waals surface area contributed by atoms with Crippen molar-refractivity contribution >= 4 is 59.9 Å². The normalized spacial score (nSPS) is 11.1. The van der Waals surface area contributed by atoms with Gasteiger partial charge in [-0.05, 0) is 57.4 Å². The van der Waals surface area contributed by atoms with E-state index in [0.29, 0.717) is 10.2 Å². The Hall–Kier alpha value is -2.70. The summed E-state index contributed by atoms with van der Waals surface area (Å²) in [5, 5.41) is 11.7. The monoisotopic (exact) mass is 454 g/mol. The Morgan fingerprint density at radius 2 is 1.86 bits per heavy atom. The lowest BCUT2D eigenvalue weighted by atomic mass is 10.0. The van der Waals surface area contributed by atoms with E-state index in [-0.39, 0.29) is 5.78 Å². The topological polar surface area (TPSA) is 63.6 Å². The van der Waals surface area contributed by atoms with Crippen LogP contribution in [0.15, 0.2) is 59.1 Å². The van der Waals surface area contributed by atoms with Crippen molar-refractivity contribution < 1.29 is 19.4 Å². The Bertz CT molecular complexity index is 1240. The SMILES string of the molecule is CC(=O)c1c(-c2ccc3c(Br)c(OCC(=O)O)ccc3c2)sc2ccccc12. The number of carbonyl (C=O) groups excluding carboxylic acids is 1. The minimum absolute atomic E-state index is 0.0474. The van der Waals surface area contributed by atoms with Crippen LogP contribution in [0.2, 0.25) is 0 Å². The number of thiophene rings is 1. The molecule has 0 radical (unpaired) electrons. The van der Waals surface area contributed by atoms with Gasteiger partial charge in [-0.3, -0.25) is 4.79 Å². The van der Waals surface area contributed by atoms with Crippen molar-refractivity contribution in [3.05, 3.63) is 64.6 Å². The summed E-state index contributed by atoms with van der Waals surface area (Å²) in [7, 11) is 0. The number of fused-ring (bicyclic) bond motifs is 2. The Kier molecular flexibility index (Phi) is 4.91. The first-order chi connectivity index (χ1) is 13.5. The standard InChI is InChI=1S/C22H15BrO4S/c1-12(24)20-16-4-2-3-5-18(16)28-22(20)14-6-8-15-13(10-14)7-9-17(21(15)23)27-11-19(25)26/h2-10H,11H2,1H3,(H,25,26). The van der Waals surface area contributed by atoms with Gasteiger partial charge in [-0.1, -0.05) is 36.4 Å². The number of carboxylic acids is 1. The van der Waals surface area contributed by atoms with Crippen molar-refractivity contribution in [3.8, 4) is 16.2 Å². The number of rotatable bonds is 5. The van der Waals surface area contributed by atoms with Crippen molar-refractivity contribution in [2.45, 2.75) is 6.92 Å². The van der Waals surface area contributed by atoms with Crippen molar-refractivity contribution in [2.24, 2.45) is 0 Å². The van der Waals surface area contributed by atoms with Gasteiger partial charge in [0.2, 0.25) is 0 Å². The highest BCUT2D eigenvalue weighted by molar-refractivity contribution is 9.10. The second kappa shape index (κ2) is 7.37. The molecular weight excluding hydrogens is 440 g/mol. The molecule has 140 valence electrons. The Balaban J connectivity index is 1.84. The number of benzene rings is 3. The number of aliphatic carboxylic acids is 1. The molecule has 0 atom stereocenters. The molecule has 1 N–H and O–H groups in total. The fraction of sp³-hybridized carbons (Fsp3) is 0.0909. The maximum Gasteiger partial charge on any atom is 0.341 e. The maximum absolute atomic E-state index is 12.3. The molecule has 6 heteroatoms. The van der Waals surface area contributed by atoms with Crippen molar-refractivity contribution in [1.82, 2.24) is 0 Å². The second-order valence-electron chi connectivity index (χ2n) is 6.35. The molecule has 0 saturated heterocycles. The quantitative estimate of drug-likeness (QED) is 0.367. The van der Waals surface area contributed by atoms with Crippen molar-refractivity contribution in [2.75, 3.05) is 6.61 Å². The summed E-state index contributed by atoms with van der Waals surface area (Å²) in [6.07, 6.45) is 0. The van der Waals surface area contributed by atoms with E-state index < -0.39 is 12.6 Å². The molecule has 28 heavy (non-hydrogen) atoms. The zero-order chi connectivity index (χ0) is 19.8. The van der Waals surface area contributed by atoms with Gasteiger partial charge in [-0.2, -0.15) is 0 Å². The number of ether oxygens (including phenoxy) is 1. The van der Waals surface area contributed by atoms with Crippen LogP contribution >= 0.6 is 27.3 Å². The average Bonchev–Trinajstić information content (AvgIpc) is 3.07. The van der Waals surface area contributed by atoms with Gasteiger partial charge in [0, 0.05) is 20.5 Å². The second-order valence-corrected chi connectivity index (χ2v) is 8.20. The summed E-state index contributed by atoms with van der Waals surface area (Å²) in [4.78, 5) is 24.0. The Morgan fingerprint density at radius 1 is 1.07 bits per heavy atom. The van der Waals surface area contributed by atoms with Crippen LogP contribution in [-0.4, -0.2) is 23.5 Å². The number of ketones is 1. The minimum atomic E-state index is -1.02. The number of Topliss-reactive ketones (excluding diaryl/α,β-unsaturated/α-hetero) is 1. The van der Waals surface area contributed by atoms with E-state index >= 15 is 0 Å². The third-order valence-corrected chi connectivity index (χ3v) is 6.52. The van der Waals surface area contributed by atoms with Crippen LogP contribution in [0.5, 0.6) is 5.75 Å². The molecule has 0 aliphatic heterocycles. The number of hydrogen-bond acceptors (Lipinski definition) is 4. The highest BCUT2D eigenvalue weighted by Gasteiger charge is 2.18. The van der Waals surface area contributed by atoms with Crippen molar-refractivity contribution in [3.63, 3.8) is 0 Å². The van der Waals surface area contributed by atoms with Crippen LogP contribution < -0.4 is 4.74 Å². The molecular formula is C22H15BrO4S. The molecule has 1 aromatic heterocycles. The third-order valence-electron chi connectivity index (χ3n) is 4.48. The average molecular weight is 455 g/mol. The summed E-state index contributed by atoms with van der Waals surface area (Å²) < 4.78 is 7.12. The predicted molar refractivity (Wildman–Crippen MR) is 116 cm³/mol. The molecule has 0 fully saturated rings. The first-order valence-electron chi connectivity index (χ1n) is 8.55. The summed E-state index contributed by atoms with van der Waals surface area (Å²) >= 11 is 5.12. The van der Waals surface area contributed by atoms with Gasteiger partial charge < -0.3 is 9.84 Å². The first kappa shape index (κ1) is 18.7. The predicted octanol–water partition coefficient (Wildman–Crippen LogP) is 6.15. The number of carbonyl (C=O) groups is 2. The van der Waals surface area contributed by atoms with E-state index in [1.807, 2.05) is 48.5 Å². The van der Waals surface area contributed by atoms with Gasteiger partial charge in [0.05, 0.1) is 4.47 Å². The molecule has 0 saturated carbocycles. The molecule has 0 spiro atoms. The zero-order valence-electron chi connectivity index (χ0n) is 14.9. The number of hydrogen-bond donors (Lipinski definition) is 1. The van der Waals surface area contributed by atoms with Crippen LogP contribution in [0.4, 0.5) is 0 Å². The molecule has 3 aromatic carbocycles. The lowest BCUT2D eigenvalue weighted by Crippen LogP contribution is -2.09. The number of halogens is 1. The van der Waals surface area contributed by atoms with E-state index in [1.54, 1.807) is 24.3 Å². The van der Waals surface area contributed by atoms with E-state index in [1.165, 1.54) is 0 Å². The fourth-order valence-corrected chi connectivity index (χ4v) is 5.12. The van der Waals surface area contributed by atoms with Crippen LogP contribution in [-0.2, 0) is 4.79 Å². The summed E-state index contributed by atoms with van der Waals surface area (Å²) in [5.74, 6) is -0.496. The molecule has 0 aliphatic carbocycles. The highest BCUT2D eigenvalue weighted by atomic mass is 79.9. The third kappa shape index (κ3) is 3.30. The molecule has 4 aromatic rings. The van der Waals surface area contributed by atoms with Gasteiger partial charge in [-0.15, -0.1) is 11.3 Å². The molecule has 1 heterocycles. The molecule has 0 bridgehead atoms. The van der Waals surface area contributed by atoms with Crippen LogP contribution in [0, 0.1) is 0 Å². The van der Waals surface area contributed by atoms with E-state index in [0.717, 1.165) is 36.9 Å². The Labute approximate surface area is 173 Å². The lowest BCUT2D eigenvalue weighted by molar-refractivity contribution is -0.139. The van der Waals surface area contributed by atoms with E-state index in [9.17, 15) is 9.59 Å². The fourth-order valence-electron chi connectivity index (χ4n) is 3.26. The molecule has 4 rings (SSSR count). The van der Waals surface area contributed by atoms with Crippen LogP contribution in [0.1, 0.15) is 17.3 Å². The van der Waals surface area contributed by atoms with Crippen LogP contribution in [0.25, 0.3) is 31.3 Å². The summed E-state index contributed by atoms with van der Waals surface area (Å²) in [6, 6.07) is 17.5. The van der Waals surface area contributed by atoms with E-state index in [4.69, 9.17) is 9.84 Å². The molecule has 0 aliphatic rings. The number of carboxylic acid groups (broad SMARTS) is 1. The molecule has 4 nitrogen and oxygen atoms in total. The largest absolute Gasteiger partial charge is 0.481 e. The molecule has 0 amide bonds. The smallest absolute Gasteiger partial charge is 0.341 e. The first-order valence-corrected chi connectivity index (χ1v) is 10.2. The van der Waals surface area contributed by atoms with Gasteiger partial charge in [-0.25, -0.2) is 4.79 Å². The van der Waals surface area contributed by atoms with Gasteiger partial charge in [0.1, 0.15) is 5.75 Å². The summed E-state index contributed by atoms with van der Waals surface area (Å²) in [5.41, 5.74) is 1.73. The minimum Gasteiger partial charge on any atom is -0.481 e. The van der Waals surface area contributed by atoms with Crippen molar-refractivity contribution in [1.29, 1.82) is 0 Å². The van der Waals surface area contributed by atoms with Gasteiger partial charge in [0.25, 0.3) is 0 Å². The molecule has 0 unspecified atom stereocenters. The van der Waals surface area contributed by atoms with E-state index in [2.05, 4.69) is 15.9 Å². The summed E-state index contributed by atoms with van der Waals surface area (Å²) in [6.45, 7) is 1.20. The highest BCUT2D eigenvalue weighted by Crippen LogP contribution is 2.41. The Morgan fingerprint density at radius 3 is 2.61 bits per heavy atom. The van der Waals surface area contributed by atoms with Crippen LogP contribution in [0.3, 0.4) is 0 Å². The maximum atomic E-state index is 12.3. The zero-order valence-corrected chi connectivity index (χ0v) is 17.3. The van der Waals surface area contributed by atoms with Gasteiger partial charge in [0.15, 0.2) is 12.4 Å². The van der Waals surface area contributed by atoms with Gasteiger partial charge >= 0.3 is 5.97 Å².